The van der Waals surface area contributed by atoms with Crippen LogP contribution in [0.3, 0.4) is 0 Å². The van der Waals surface area contributed by atoms with Gasteiger partial charge in [-0.1, -0.05) is 32.0 Å². The molecule has 0 aromatic heterocycles. The second kappa shape index (κ2) is 6.55. The maximum absolute atomic E-state index is 11.2. The van der Waals surface area contributed by atoms with Crippen molar-refractivity contribution in [2.45, 2.75) is 46.0 Å². The summed E-state index contributed by atoms with van der Waals surface area (Å²) in [4.78, 5) is 22.4. The molecule has 1 aromatic carbocycles. The van der Waals surface area contributed by atoms with Gasteiger partial charge in [-0.05, 0) is 42.9 Å². The van der Waals surface area contributed by atoms with Crippen LogP contribution >= 0.6 is 0 Å². The van der Waals surface area contributed by atoms with E-state index in [-0.39, 0.29) is 0 Å². The Morgan fingerprint density at radius 2 is 1.45 bits per heavy atom. The number of hydrogen-bond acceptors (Lipinski definition) is 2. The maximum Gasteiger partial charge on any atom is 0.310 e. The van der Waals surface area contributed by atoms with Crippen molar-refractivity contribution in [1.29, 1.82) is 0 Å². The van der Waals surface area contributed by atoms with Crippen molar-refractivity contribution in [3.05, 3.63) is 34.9 Å². The molecule has 4 heteroatoms. The van der Waals surface area contributed by atoms with Crippen LogP contribution in [0.5, 0.6) is 0 Å². The van der Waals surface area contributed by atoms with Crippen LogP contribution in [0.4, 0.5) is 0 Å². The Balaban J connectivity index is 3.29. The summed E-state index contributed by atoms with van der Waals surface area (Å²) >= 11 is 0. The van der Waals surface area contributed by atoms with E-state index >= 15 is 0 Å². The molecule has 0 aliphatic carbocycles. The van der Waals surface area contributed by atoms with Gasteiger partial charge in [-0.2, -0.15) is 0 Å². The lowest BCUT2D eigenvalue weighted by atomic mass is 9.86. The van der Waals surface area contributed by atoms with Crippen LogP contribution < -0.4 is 0 Å². The first-order valence-electron chi connectivity index (χ1n) is 6.82. The minimum Gasteiger partial charge on any atom is -0.481 e. The van der Waals surface area contributed by atoms with E-state index in [2.05, 4.69) is 13.8 Å². The molecule has 2 atom stereocenters. The Hall–Kier alpha value is -1.84. The van der Waals surface area contributed by atoms with Crippen LogP contribution in [-0.2, 0) is 16.0 Å². The van der Waals surface area contributed by atoms with Crippen LogP contribution in [-0.4, -0.2) is 22.2 Å². The molecule has 1 rings (SSSR count). The Morgan fingerprint density at radius 3 is 1.90 bits per heavy atom. The number of benzene rings is 1. The lowest BCUT2D eigenvalue weighted by Crippen LogP contribution is -2.16. The van der Waals surface area contributed by atoms with E-state index in [1.165, 1.54) is 0 Å². The fraction of sp³-hybridized carbons (Fsp3) is 0.500. The van der Waals surface area contributed by atoms with E-state index in [4.69, 9.17) is 5.11 Å². The van der Waals surface area contributed by atoms with Crippen LogP contribution in [0.25, 0.3) is 0 Å². The van der Waals surface area contributed by atoms with Crippen molar-refractivity contribution in [3.8, 4) is 0 Å². The number of hydrogen-bond donors (Lipinski definition) is 2. The van der Waals surface area contributed by atoms with Gasteiger partial charge in [0.2, 0.25) is 0 Å². The standard InChI is InChI=1S/C16H22O4/c1-9(2)7-12-5-6-13(10(3)15(17)18)14(8-12)11(4)16(19)20/h5-6,8-11H,7H2,1-4H3,(H,17,18)(H,19,20). The minimum absolute atomic E-state index is 0.464. The van der Waals surface area contributed by atoms with Gasteiger partial charge in [0.05, 0.1) is 11.8 Å². The van der Waals surface area contributed by atoms with Gasteiger partial charge in [0, 0.05) is 0 Å². The third-order valence-corrected chi connectivity index (χ3v) is 3.47. The van der Waals surface area contributed by atoms with E-state index in [1.54, 1.807) is 19.9 Å². The quantitative estimate of drug-likeness (QED) is 0.837. The van der Waals surface area contributed by atoms with E-state index in [9.17, 15) is 14.7 Å². The molecule has 0 saturated heterocycles. The summed E-state index contributed by atoms with van der Waals surface area (Å²) < 4.78 is 0. The molecule has 0 fully saturated rings. The predicted octanol–water partition coefficient (Wildman–Crippen LogP) is 3.26. The van der Waals surface area contributed by atoms with Crippen LogP contribution in [0, 0.1) is 5.92 Å². The van der Waals surface area contributed by atoms with Gasteiger partial charge >= 0.3 is 11.9 Å². The Bertz CT molecular complexity index is 505. The monoisotopic (exact) mass is 278 g/mol. The van der Waals surface area contributed by atoms with Crippen molar-refractivity contribution >= 4 is 11.9 Å². The third-order valence-electron chi connectivity index (χ3n) is 3.47. The van der Waals surface area contributed by atoms with E-state index in [1.807, 2.05) is 12.1 Å². The number of aliphatic carboxylic acids is 2. The lowest BCUT2D eigenvalue weighted by Gasteiger charge is -2.18. The molecule has 0 saturated carbocycles. The average Bonchev–Trinajstić information content (AvgIpc) is 2.35. The molecule has 0 aliphatic rings. The molecule has 0 aliphatic heterocycles. The summed E-state index contributed by atoms with van der Waals surface area (Å²) in [5, 5.41) is 18.4. The Kier molecular flexibility index (Phi) is 5.31. The zero-order valence-corrected chi connectivity index (χ0v) is 12.4. The van der Waals surface area contributed by atoms with Crippen LogP contribution in [0.2, 0.25) is 0 Å². The Morgan fingerprint density at radius 1 is 0.950 bits per heavy atom. The van der Waals surface area contributed by atoms with Gasteiger partial charge in [-0.15, -0.1) is 0 Å². The molecule has 0 bridgehead atoms. The zero-order valence-electron chi connectivity index (χ0n) is 12.4. The molecule has 1 aromatic rings. The van der Waals surface area contributed by atoms with Crippen molar-refractivity contribution in [2.75, 3.05) is 0 Å². The SMILES string of the molecule is CC(C)Cc1ccc(C(C)C(=O)O)c(C(C)C(=O)O)c1. The molecule has 110 valence electrons. The molecule has 0 heterocycles. The molecular weight excluding hydrogens is 256 g/mol. The van der Waals surface area contributed by atoms with E-state index < -0.39 is 23.8 Å². The zero-order chi connectivity index (χ0) is 15.4. The summed E-state index contributed by atoms with van der Waals surface area (Å²) in [6.45, 7) is 7.36. The third kappa shape index (κ3) is 3.83. The van der Waals surface area contributed by atoms with Gasteiger partial charge < -0.3 is 10.2 Å². The highest BCUT2D eigenvalue weighted by molar-refractivity contribution is 5.80. The summed E-state index contributed by atoms with van der Waals surface area (Å²) in [6, 6.07) is 5.49. The van der Waals surface area contributed by atoms with Crippen molar-refractivity contribution in [2.24, 2.45) is 5.92 Å². The molecular formula is C16H22O4. The van der Waals surface area contributed by atoms with Crippen LogP contribution in [0.15, 0.2) is 18.2 Å². The molecule has 0 spiro atoms. The molecule has 20 heavy (non-hydrogen) atoms. The van der Waals surface area contributed by atoms with Gasteiger partial charge in [0.1, 0.15) is 0 Å². The second-order valence-electron chi connectivity index (χ2n) is 5.68. The molecule has 2 N–H and O–H groups in total. The first-order chi connectivity index (χ1) is 9.23. The smallest absolute Gasteiger partial charge is 0.310 e. The van der Waals surface area contributed by atoms with Gasteiger partial charge in [-0.3, -0.25) is 9.59 Å². The highest BCUT2D eigenvalue weighted by Gasteiger charge is 2.24. The lowest BCUT2D eigenvalue weighted by molar-refractivity contribution is -0.140. The fourth-order valence-electron chi connectivity index (χ4n) is 2.26. The molecule has 0 radical (unpaired) electrons. The summed E-state index contributed by atoms with van der Waals surface area (Å²) in [5.41, 5.74) is 2.23. The first kappa shape index (κ1) is 16.2. The van der Waals surface area contributed by atoms with E-state index in [0.29, 0.717) is 17.0 Å². The van der Waals surface area contributed by atoms with Gasteiger partial charge in [-0.25, -0.2) is 0 Å². The molecule has 2 unspecified atom stereocenters. The summed E-state index contributed by atoms with van der Waals surface area (Å²) in [5.74, 6) is -2.84. The van der Waals surface area contributed by atoms with Crippen molar-refractivity contribution in [3.63, 3.8) is 0 Å². The van der Waals surface area contributed by atoms with E-state index in [0.717, 1.165) is 12.0 Å². The van der Waals surface area contributed by atoms with Crippen molar-refractivity contribution < 1.29 is 19.8 Å². The second-order valence-corrected chi connectivity index (χ2v) is 5.68. The highest BCUT2D eigenvalue weighted by atomic mass is 16.4. The normalized spacial score (nSPS) is 14.1. The minimum atomic E-state index is -0.944. The maximum atomic E-state index is 11.2. The fourth-order valence-corrected chi connectivity index (χ4v) is 2.26. The highest BCUT2D eigenvalue weighted by Crippen LogP contribution is 2.29. The summed E-state index contributed by atoms with van der Waals surface area (Å²) in [6.07, 6.45) is 0.848. The number of carbonyl (C=O) groups is 2. The topological polar surface area (TPSA) is 74.6 Å². The summed E-state index contributed by atoms with van der Waals surface area (Å²) in [7, 11) is 0. The predicted molar refractivity (Wildman–Crippen MR) is 77.1 cm³/mol. The first-order valence-corrected chi connectivity index (χ1v) is 6.82. The number of carboxylic acids is 2. The average molecular weight is 278 g/mol. The van der Waals surface area contributed by atoms with Crippen LogP contribution in [0.1, 0.15) is 56.2 Å². The van der Waals surface area contributed by atoms with Gasteiger partial charge in [0.25, 0.3) is 0 Å². The molecule has 0 amide bonds. The molecule has 4 nitrogen and oxygen atoms in total. The Labute approximate surface area is 119 Å². The largest absolute Gasteiger partial charge is 0.481 e. The van der Waals surface area contributed by atoms with Gasteiger partial charge in [0.15, 0.2) is 0 Å². The van der Waals surface area contributed by atoms with Crippen molar-refractivity contribution in [1.82, 2.24) is 0 Å². The number of carboxylic acid groups (broad SMARTS) is 2. The number of rotatable bonds is 6.